The molecule has 0 saturated carbocycles. The smallest absolute Gasteiger partial charge is 0.262 e. The van der Waals surface area contributed by atoms with Gasteiger partial charge in [-0.2, -0.15) is 4.80 Å². The highest BCUT2D eigenvalue weighted by molar-refractivity contribution is 6.00. The standard InChI is InChI=1S/C17H12FN5O3/c18-12-3-1-2-11(6-12)17-20-22-23(21-17)8-14(24)10-4-5-15-13(7-10)19-16(25)9-26-15/h1-7H,8-9H2,(H,19,25). The number of hydrogen-bond acceptors (Lipinski definition) is 6. The SMILES string of the molecule is O=C1COc2ccc(C(=O)Cn3nnc(-c4cccc(F)c4)n3)cc2N1. The number of rotatable bonds is 4. The zero-order valence-corrected chi connectivity index (χ0v) is 13.3. The summed E-state index contributed by atoms with van der Waals surface area (Å²) in [6, 6.07) is 10.6. The van der Waals surface area contributed by atoms with E-state index in [0.717, 1.165) is 4.80 Å². The van der Waals surface area contributed by atoms with Crippen molar-refractivity contribution < 1.29 is 18.7 Å². The first-order valence-corrected chi connectivity index (χ1v) is 7.72. The van der Waals surface area contributed by atoms with Crippen LogP contribution in [0, 0.1) is 5.82 Å². The summed E-state index contributed by atoms with van der Waals surface area (Å²) in [5, 5.41) is 14.4. The number of carbonyl (C=O) groups is 2. The number of amides is 1. The third kappa shape index (κ3) is 3.14. The molecule has 1 N–H and O–H groups in total. The van der Waals surface area contributed by atoms with Gasteiger partial charge in [-0.25, -0.2) is 4.39 Å². The van der Waals surface area contributed by atoms with Crippen LogP contribution in [0.5, 0.6) is 5.75 Å². The van der Waals surface area contributed by atoms with Crippen LogP contribution in [0.15, 0.2) is 42.5 Å². The predicted octanol–water partition coefficient (Wildman–Crippen LogP) is 1.69. The van der Waals surface area contributed by atoms with Gasteiger partial charge in [0.1, 0.15) is 18.1 Å². The van der Waals surface area contributed by atoms with Crippen molar-refractivity contribution in [3.63, 3.8) is 0 Å². The first-order valence-electron chi connectivity index (χ1n) is 7.72. The molecular formula is C17H12FN5O3. The number of aromatic nitrogens is 4. The molecule has 0 aliphatic carbocycles. The fraction of sp³-hybridized carbons (Fsp3) is 0.118. The van der Waals surface area contributed by atoms with Crippen molar-refractivity contribution in [1.82, 2.24) is 20.2 Å². The van der Waals surface area contributed by atoms with E-state index in [2.05, 4.69) is 20.7 Å². The van der Waals surface area contributed by atoms with Gasteiger partial charge in [0.2, 0.25) is 5.82 Å². The molecule has 8 nitrogen and oxygen atoms in total. The van der Waals surface area contributed by atoms with Crippen LogP contribution in [0.25, 0.3) is 11.4 Å². The molecule has 0 unspecified atom stereocenters. The van der Waals surface area contributed by atoms with Gasteiger partial charge >= 0.3 is 0 Å². The maximum atomic E-state index is 13.3. The molecule has 1 aliphatic rings. The summed E-state index contributed by atoms with van der Waals surface area (Å²) in [6.07, 6.45) is 0. The summed E-state index contributed by atoms with van der Waals surface area (Å²) in [7, 11) is 0. The van der Waals surface area contributed by atoms with Gasteiger partial charge in [-0.1, -0.05) is 12.1 Å². The van der Waals surface area contributed by atoms with Crippen LogP contribution >= 0.6 is 0 Å². The molecule has 1 amide bonds. The lowest BCUT2D eigenvalue weighted by Gasteiger charge is -2.18. The molecule has 9 heteroatoms. The van der Waals surface area contributed by atoms with Crippen molar-refractivity contribution in [2.75, 3.05) is 11.9 Å². The summed E-state index contributed by atoms with van der Waals surface area (Å²) in [6.45, 7) is -0.193. The predicted molar refractivity (Wildman–Crippen MR) is 88.1 cm³/mol. The average molecular weight is 353 g/mol. The maximum absolute atomic E-state index is 13.3. The van der Waals surface area contributed by atoms with Crippen molar-refractivity contribution in [2.24, 2.45) is 0 Å². The summed E-state index contributed by atoms with van der Waals surface area (Å²) < 4.78 is 18.5. The Morgan fingerprint density at radius 1 is 1.27 bits per heavy atom. The summed E-state index contributed by atoms with van der Waals surface area (Å²) in [5.41, 5.74) is 1.29. The minimum atomic E-state index is -0.409. The Morgan fingerprint density at radius 3 is 3.00 bits per heavy atom. The number of tetrazole rings is 1. The number of ether oxygens (including phenoxy) is 1. The van der Waals surface area contributed by atoms with E-state index in [1.807, 2.05) is 0 Å². The number of Topliss-reactive ketones (excluding diaryl/α,β-unsaturated/α-hetero) is 1. The Bertz CT molecular complexity index is 1020. The summed E-state index contributed by atoms with van der Waals surface area (Å²) >= 11 is 0. The molecule has 26 heavy (non-hydrogen) atoms. The Labute approximate surface area is 146 Å². The number of nitrogens with one attached hydrogen (secondary N) is 1. The van der Waals surface area contributed by atoms with Gasteiger partial charge in [0, 0.05) is 11.1 Å². The van der Waals surface area contributed by atoms with Crippen molar-refractivity contribution in [2.45, 2.75) is 6.54 Å². The molecule has 0 fully saturated rings. The van der Waals surface area contributed by atoms with Crippen molar-refractivity contribution >= 4 is 17.4 Å². The normalized spacial score (nSPS) is 12.9. The van der Waals surface area contributed by atoms with E-state index in [-0.39, 0.29) is 30.7 Å². The number of carbonyl (C=O) groups excluding carboxylic acids is 2. The number of ketones is 1. The number of benzene rings is 2. The van der Waals surface area contributed by atoms with E-state index in [9.17, 15) is 14.0 Å². The van der Waals surface area contributed by atoms with Gasteiger partial charge in [-0.15, -0.1) is 10.2 Å². The Morgan fingerprint density at radius 2 is 2.15 bits per heavy atom. The minimum absolute atomic E-state index is 0.0496. The van der Waals surface area contributed by atoms with Crippen molar-refractivity contribution in [1.29, 1.82) is 0 Å². The van der Waals surface area contributed by atoms with Crippen LogP contribution in [-0.2, 0) is 11.3 Å². The molecule has 4 rings (SSSR count). The van der Waals surface area contributed by atoms with Crippen molar-refractivity contribution in [3.05, 3.63) is 53.8 Å². The lowest BCUT2D eigenvalue weighted by atomic mass is 10.1. The highest BCUT2D eigenvalue weighted by Crippen LogP contribution is 2.28. The molecule has 130 valence electrons. The van der Waals surface area contributed by atoms with Gasteiger partial charge in [-0.05, 0) is 35.5 Å². The minimum Gasteiger partial charge on any atom is -0.482 e. The Kier molecular flexibility index (Phi) is 3.88. The highest BCUT2D eigenvalue weighted by atomic mass is 19.1. The average Bonchev–Trinajstić information content (AvgIpc) is 3.09. The zero-order valence-electron chi connectivity index (χ0n) is 13.3. The maximum Gasteiger partial charge on any atom is 0.262 e. The lowest BCUT2D eigenvalue weighted by molar-refractivity contribution is -0.118. The largest absolute Gasteiger partial charge is 0.482 e. The molecular weight excluding hydrogens is 341 g/mol. The van der Waals surface area contributed by atoms with Crippen LogP contribution in [-0.4, -0.2) is 38.5 Å². The van der Waals surface area contributed by atoms with E-state index in [1.165, 1.54) is 12.1 Å². The number of halogens is 1. The Hall–Kier alpha value is -3.62. The van der Waals surface area contributed by atoms with Crippen molar-refractivity contribution in [3.8, 4) is 17.1 Å². The van der Waals surface area contributed by atoms with Crippen LogP contribution in [0.3, 0.4) is 0 Å². The molecule has 0 radical (unpaired) electrons. The van der Waals surface area contributed by atoms with E-state index >= 15 is 0 Å². The van der Waals surface area contributed by atoms with E-state index in [1.54, 1.807) is 30.3 Å². The molecule has 1 aliphatic heterocycles. The molecule has 1 aromatic heterocycles. The van der Waals surface area contributed by atoms with Crippen LogP contribution in [0.1, 0.15) is 10.4 Å². The molecule has 2 aromatic carbocycles. The summed E-state index contributed by atoms with van der Waals surface area (Å²) in [5.74, 6) is -0.222. The second-order valence-corrected chi connectivity index (χ2v) is 5.62. The molecule has 0 saturated heterocycles. The lowest BCUT2D eigenvalue weighted by Crippen LogP contribution is -2.25. The van der Waals surface area contributed by atoms with Crippen LogP contribution in [0.4, 0.5) is 10.1 Å². The third-order valence-corrected chi connectivity index (χ3v) is 3.76. The molecule has 3 aromatic rings. The Balaban J connectivity index is 1.52. The second kappa shape index (κ2) is 6.36. The summed E-state index contributed by atoms with van der Waals surface area (Å²) in [4.78, 5) is 25.0. The van der Waals surface area contributed by atoms with Gasteiger partial charge in [0.15, 0.2) is 12.4 Å². The topological polar surface area (TPSA) is 99.0 Å². The monoisotopic (exact) mass is 353 g/mol. The van der Waals surface area contributed by atoms with Gasteiger partial charge in [0.05, 0.1) is 5.69 Å². The third-order valence-electron chi connectivity index (χ3n) is 3.76. The number of hydrogen-bond donors (Lipinski definition) is 1. The van der Waals surface area contributed by atoms with Gasteiger partial charge in [-0.3, -0.25) is 9.59 Å². The second-order valence-electron chi connectivity index (χ2n) is 5.62. The quantitative estimate of drug-likeness (QED) is 0.717. The molecule has 0 spiro atoms. The number of anilines is 1. The molecule has 0 bridgehead atoms. The van der Waals surface area contributed by atoms with Gasteiger partial charge < -0.3 is 10.1 Å². The first kappa shape index (κ1) is 15.9. The van der Waals surface area contributed by atoms with Crippen LogP contribution in [0.2, 0.25) is 0 Å². The fourth-order valence-corrected chi connectivity index (χ4v) is 2.53. The fourth-order valence-electron chi connectivity index (χ4n) is 2.53. The van der Waals surface area contributed by atoms with E-state index < -0.39 is 5.82 Å². The molecule has 2 heterocycles. The van der Waals surface area contributed by atoms with Crippen LogP contribution < -0.4 is 10.1 Å². The van der Waals surface area contributed by atoms with E-state index in [4.69, 9.17) is 4.74 Å². The number of nitrogens with zero attached hydrogens (tertiary/aromatic N) is 4. The number of fused-ring (bicyclic) bond motifs is 1. The zero-order chi connectivity index (χ0) is 18.1. The molecule has 0 atom stereocenters. The first-order chi connectivity index (χ1) is 12.6. The van der Waals surface area contributed by atoms with Gasteiger partial charge in [0.25, 0.3) is 5.91 Å². The highest BCUT2D eigenvalue weighted by Gasteiger charge is 2.18. The van der Waals surface area contributed by atoms with E-state index in [0.29, 0.717) is 22.6 Å².